The van der Waals surface area contributed by atoms with Crippen LogP contribution in [0.25, 0.3) is 67.7 Å². The molecule has 7 rings (SSSR count). The van der Waals surface area contributed by atoms with Crippen molar-refractivity contribution >= 4 is 22.4 Å². The van der Waals surface area contributed by atoms with Gasteiger partial charge in [-0.05, 0) is 69.8 Å². The van der Waals surface area contributed by atoms with Gasteiger partial charge in [-0.3, -0.25) is 4.98 Å². The van der Waals surface area contributed by atoms with Gasteiger partial charge in [0.05, 0.1) is 5.35 Å². The van der Waals surface area contributed by atoms with E-state index in [0.29, 0.717) is 17.5 Å². The molecule has 0 atom stereocenters. The second-order valence-electron chi connectivity index (χ2n) is 11.1. The van der Waals surface area contributed by atoms with Crippen molar-refractivity contribution in [3.05, 3.63) is 156 Å². The van der Waals surface area contributed by atoms with E-state index in [1.807, 2.05) is 72.9 Å². The SMILES string of the molecule is CC/C=c1/cccn/c1=C(/C)c1ccc(-c2ccc3ccc(-c4nc(-c5ccccc5)nc(-c5ccccc5)n4)cc3c2)cc1. The van der Waals surface area contributed by atoms with Gasteiger partial charge in [0.25, 0.3) is 0 Å². The summed E-state index contributed by atoms with van der Waals surface area (Å²) < 4.78 is 0. The Balaban J connectivity index is 1.27. The lowest BCUT2D eigenvalue weighted by Crippen LogP contribution is -2.29. The van der Waals surface area contributed by atoms with Crippen LogP contribution in [0.5, 0.6) is 0 Å². The lowest BCUT2D eigenvalue weighted by molar-refractivity contribution is 1.07. The number of pyridine rings is 1. The maximum atomic E-state index is 4.92. The first-order valence-electron chi connectivity index (χ1n) is 15.3. The summed E-state index contributed by atoms with van der Waals surface area (Å²) in [6.45, 7) is 4.30. The summed E-state index contributed by atoms with van der Waals surface area (Å²) in [5.74, 6) is 1.97. The average Bonchev–Trinajstić information content (AvgIpc) is 3.12. The molecule has 0 spiro atoms. The monoisotopic (exact) mass is 580 g/mol. The Kier molecular flexibility index (Phi) is 7.78. The van der Waals surface area contributed by atoms with E-state index in [4.69, 9.17) is 15.0 Å². The van der Waals surface area contributed by atoms with Crippen molar-refractivity contribution < 1.29 is 0 Å². The Bertz CT molecular complexity index is 2180. The van der Waals surface area contributed by atoms with Crippen LogP contribution in [0.2, 0.25) is 0 Å². The Morgan fingerprint density at radius 3 is 1.71 bits per heavy atom. The average molecular weight is 581 g/mol. The summed E-state index contributed by atoms with van der Waals surface area (Å²) in [4.78, 5) is 19.4. The smallest absolute Gasteiger partial charge is 0.164 e. The summed E-state index contributed by atoms with van der Waals surface area (Å²) in [5, 5.41) is 4.51. The van der Waals surface area contributed by atoms with E-state index in [-0.39, 0.29) is 0 Å². The maximum Gasteiger partial charge on any atom is 0.164 e. The van der Waals surface area contributed by atoms with Gasteiger partial charge in [-0.15, -0.1) is 0 Å². The number of aromatic nitrogens is 4. The third-order valence-corrected chi connectivity index (χ3v) is 8.07. The predicted molar refractivity (Wildman–Crippen MR) is 186 cm³/mol. The molecule has 7 aromatic rings. The highest BCUT2D eigenvalue weighted by molar-refractivity contribution is 5.90. The van der Waals surface area contributed by atoms with E-state index >= 15 is 0 Å². The molecule has 0 unspecified atom stereocenters. The number of benzene rings is 5. The normalized spacial score (nSPS) is 12.4. The summed E-state index contributed by atoms with van der Waals surface area (Å²) >= 11 is 0. The Hall–Kier alpha value is -5.74. The summed E-state index contributed by atoms with van der Waals surface area (Å²) in [7, 11) is 0. The zero-order valence-electron chi connectivity index (χ0n) is 25.4. The Morgan fingerprint density at radius 2 is 1.09 bits per heavy atom. The summed E-state index contributed by atoms with van der Waals surface area (Å²) in [5.41, 5.74) is 7.54. The molecular weight excluding hydrogens is 548 g/mol. The summed E-state index contributed by atoms with van der Waals surface area (Å²) in [6, 6.07) is 46.1. The molecule has 0 bridgehead atoms. The van der Waals surface area contributed by atoms with Crippen molar-refractivity contribution in [2.75, 3.05) is 0 Å². The number of hydrogen-bond donors (Lipinski definition) is 0. The number of fused-ring (bicyclic) bond motifs is 1. The lowest BCUT2D eigenvalue weighted by Gasteiger charge is -2.10. The topological polar surface area (TPSA) is 51.6 Å². The zero-order valence-corrected chi connectivity index (χ0v) is 25.4. The van der Waals surface area contributed by atoms with Gasteiger partial charge in [-0.1, -0.05) is 128 Å². The highest BCUT2D eigenvalue weighted by atomic mass is 15.0. The van der Waals surface area contributed by atoms with Crippen molar-refractivity contribution in [1.29, 1.82) is 0 Å². The van der Waals surface area contributed by atoms with E-state index in [9.17, 15) is 0 Å². The largest absolute Gasteiger partial charge is 0.256 e. The van der Waals surface area contributed by atoms with E-state index in [1.54, 1.807) is 0 Å². The third kappa shape index (κ3) is 5.91. The van der Waals surface area contributed by atoms with E-state index in [2.05, 4.69) is 91.6 Å². The fraction of sp³-hybridized carbons (Fsp3) is 0.0732. The minimum Gasteiger partial charge on any atom is -0.256 e. The lowest BCUT2D eigenvalue weighted by atomic mass is 9.97. The van der Waals surface area contributed by atoms with Gasteiger partial charge in [-0.2, -0.15) is 0 Å². The molecule has 0 saturated heterocycles. The van der Waals surface area contributed by atoms with Crippen LogP contribution in [0.1, 0.15) is 25.8 Å². The minimum absolute atomic E-state index is 0.652. The molecule has 2 aromatic heterocycles. The molecule has 0 aliphatic rings. The summed E-state index contributed by atoms with van der Waals surface area (Å²) in [6.07, 6.45) is 5.07. The van der Waals surface area contributed by atoms with Crippen LogP contribution in [0.15, 0.2) is 140 Å². The van der Waals surface area contributed by atoms with Gasteiger partial charge in [0.1, 0.15) is 0 Å². The second kappa shape index (κ2) is 12.5. The highest BCUT2D eigenvalue weighted by Gasteiger charge is 2.13. The molecule has 216 valence electrons. The van der Waals surface area contributed by atoms with Gasteiger partial charge in [0.2, 0.25) is 0 Å². The Labute approximate surface area is 263 Å². The van der Waals surface area contributed by atoms with Crippen LogP contribution in [0.3, 0.4) is 0 Å². The molecular formula is C41H32N4. The molecule has 0 saturated carbocycles. The van der Waals surface area contributed by atoms with Crippen molar-refractivity contribution in [3.63, 3.8) is 0 Å². The molecule has 2 heterocycles. The van der Waals surface area contributed by atoms with Crippen LogP contribution in [-0.4, -0.2) is 19.9 Å². The van der Waals surface area contributed by atoms with Gasteiger partial charge in [0, 0.05) is 22.9 Å². The van der Waals surface area contributed by atoms with Crippen LogP contribution < -0.4 is 10.6 Å². The molecule has 0 radical (unpaired) electrons. The molecule has 4 heteroatoms. The first-order chi connectivity index (χ1) is 22.2. The quantitative estimate of drug-likeness (QED) is 0.198. The molecule has 0 amide bonds. The van der Waals surface area contributed by atoms with Gasteiger partial charge in [-0.25, -0.2) is 15.0 Å². The second-order valence-corrected chi connectivity index (χ2v) is 11.1. The van der Waals surface area contributed by atoms with Crippen molar-refractivity contribution in [3.8, 4) is 45.3 Å². The van der Waals surface area contributed by atoms with Crippen LogP contribution in [0.4, 0.5) is 0 Å². The molecule has 0 aliphatic heterocycles. The minimum atomic E-state index is 0.652. The standard InChI is InChI=1S/C41H32N4/c1-3-11-32-16-10-25-42-38(32)28(2)29-17-19-30(20-18-29)35-23-21-31-22-24-36(27-37(31)26-35)41-44-39(33-12-6-4-7-13-33)43-40(45-41)34-14-8-5-9-15-34/h4-27H,3H2,1-2H3/b32-11-,38-28-. The first kappa shape index (κ1) is 28.1. The van der Waals surface area contributed by atoms with E-state index < -0.39 is 0 Å². The van der Waals surface area contributed by atoms with Gasteiger partial charge in [0.15, 0.2) is 17.5 Å². The molecule has 0 aliphatic carbocycles. The Morgan fingerprint density at radius 1 is 0.533 bits per heavy atom. The van der Waals surface area contributed by atoms with Gasteiger partial charge < -0.3 is 0 Å². The van der Waals surface area contributed by atoms with Crippen molar-refractivity contribution in [1.82, 2.24) is 19.9 Å². The predicted octanol–water partition coefficient (Wildman–Crippen LogP) is 8.50. The molecule has 45 heavy (non-hydrogen) atoms. The molecule has 5 aromatic carbocycles. The number of nitrogens with zero attached hydrogens (tertiary/aromatic N) is 4. The fourth-order valence-corrected chi connectivity index (χ4v) is 5.67. The highest BCUT2D eigenvalue weighted by Crippen LogP contribution is 2.30. The van der Waals surface area contributed by atoms with Crippen LogP contribution in [0, 0.1) is 0 Å². The van der Waals surface area contributed by atoms with E-state index in [0.717, 1.165) is 45.0 Å². The molecule has 0 fully saturated rings. The number of hydrogen-bond acceptors (Lipinski definition) is 4. The van der Waals surface area contributed by atoms with Crippen molar-refractivity contribution in [2.45, 2.75) is 20.3 Å². The van der Waals surface area contributed by atoms with Crippen LogP contribution >= 0.6 is 0 Å². The zero-order chi connectivity index (χ0) is 30.6. The third-order valence-electron chi connectivity index (χ3n) is 8.07. The fourth-order valence-electron chi connectivity index (χ4n) is 5.67. The van der Waals surface area contributed by atoms with Crippen LogP contribution in [-0.2, 0) is 0 Å². The number of rotatable bonds is 6. The van der Waals surface area contributed by atoms with Gasteiger partial charge >= 0.3 is 0 Å². The van der Waals surface area contributed by atoms with Crippen molar-refractivity contribution in [2.24, 2.45) is 0 Å². The first-order valence-corrected chi connectivity index (χ1v) is 15.3. The molecule has 0 N–H and O–H groups in total. The molecule has 4 nitrogen and oxygen atoms in total. The maximum absolute atomic E-state index is 4.92. The van der Waals surface area contributed by atoms with E-state index in [1.165, 1.54) is 21.7 Å².